The molecule has 2 aromatic rings. The minimum absolute atomic E-state index is 0.0125. The van der Waals surface area contributed by atoms with Gasteiger partial charge in [0.1, 0.15) is 11.5 Å². The summed E-state index contributed by atoms with van der Waals surface area (Å²) in [5, 5.41) is 5.85. The van der Waals surface area contributed by atoms with Gasteiger partial charge in [0.2, 0.25) is 0 Å². The van der Waals surface area contributed by atoms with E-state index in [-0.39, 0.29) is 18.4 Å². The molecule has 2 amide bonds. The Morgan fingerprint density at radius 2 is 2.12 bits per heavy atom. The number of carbonyl (C=O) groups excluding carboxylic acids is 2. The largest absolute Gasteiger partial charge is 0.482 e. The van der Waals surface area contributed by atoms with Gasteiger partial charge in [0.25, 0.3) is 11.8 Å². The van der Waals surface area contributed by atoms with Crippen molar-refractivity contribution in [2.45, 2.75) is 13.0 Å². The Kier molecular flexibility index (Phi) is 4.57. The molecule has 0 unspecified atom stereocenters. The van der Waals surface area contributed by atoms with Gasteiger partial charge < -0.3 is 20.1 Å². The summed E-state index contributed by atoms with van der Waals surface area (Å²) in [6.07, 6.45) is -0.744. The van der Waals surface area contributed by atoms with Crippen LogP contribution in [0.25, 0.3) is 0 Å². The molecule has 3 rings (SSSR count). The second kappa shape index (κ2) is 6.80. The van der Waals surface area contributed by atoms with E-state index in [4.69, 9.17) is 21.1 Å². The van der Waals surface area contributed by atoms with Crippen molar-refractivity contribution in [3.8, 4) is 11.5 Å². The molecule has 1 aliphatic heterocycles. The molecule has 1 aliphatic rings. The van der Waals surface area contributed by atoms with Gasteiger partial charge in [0.15, 0.2) is 12.7 Å². The number of fused-ring (bicyclic) bond motifs is 1. The third-order valence-corrected chi connectivity index (χ3v) is 3.70. The predicted octanol–water partition coefficient (Wildman–Crippen LogP) is 3.08. The lowest BCUT2D eigenvalue weighted by molar-refractivity contribution is -0.122. The van der Waals surface area contributed by atoms with Crippen LogP contribution in [-0.4, -0.2) is 24.5 Å². The van der Waals surface area contributed by atoms with E-state index in [0.717, 1.165) is 0 Å². The van der Waals surface area contributed by atoms with Gasteiger partial charge in [0.05, 0.1) is 10.7 Å². The lowest BCUT2D eigenvalue weighted by Gasteiger charge is -2.19. The minimum atomic E-state index is -0.744. The zero-order chi connectivity index (χ0) is 17.1. The van der Waals surface area contributed by atoms with E-state index in [2.05, 4.69) is 10.6 Å². The molecule has 2 N–H and O–H groups in total. The Hall–Kier alpha value is -2.73. The summed E-state index contributed by atoms with van der Waals surface area (Å²) in [6.45, 7) is 1.61. The minimum Gasteiger partial charge on any atom is -0.482 e. The van der Waals surface area contributed by atoms with Crippen molar-refractivity contribution in [1.29, 1.82) is 0 Å². The molecule has 0 radical (unpaired) electrons. The number of hydrogen-bond acceptors (Lipinski definition) is 4. The van der Waals surface area contributed by atoms with Crippen molar-refractivity contribution < 1.29 is 19.1 Å². The number of para-hydroxylation sites is 1. The van der Waals surface area contributed by atoms with Crippen LogP contribution < -0.4 is 20.1 Å². The van der Waals surface area contributed by atoms with Crippen molar-refractivity contribution in [2.24, 2.45) is 0 Å². The van der Waals surface area contributed by atoms with Crippen LogP contribution >= 0.6 is 11.6 Å². The number of rotatable bonds is 4. The summed E-state index contributed by atoms with van der Waals surface area (Å²) in [6, 6.07) is 11.9. The number of hydrogen-bond donors (Lipinski definition) is 2. The highest BCUT2D eigenvalue weighted by Crippen LogP contribution is 2.30. The molecule has 0 bridgehead atoms. The molecule has 0 aromatic heterocycles. The summed E-state index contributed by atoms with van der Waals surface area (Å²) in [5.41, 5.74) is 1.04. The van der Waals surface area contributed by atoms with Crippen molar-refractivity contribution in [2.75, 3.05) is 17.2 Å². The lowest BCUT2D eigenvalue weighted by atomic mass is 10.2. The standard InChI is InChI=1S/C17H15ClN2O4/c1-10(24-14-5-3-2-4-12(14)18)17(22)19-11-6-7-15-13(8-11)20-16(21)9-23-15/h2-8,10H,9H2,1H3,(H,19,22)(H,20,21)/t10-/m0/s1. The molecule has 2 aromatic carbocycles. The number of amides is 2. The maximum absolute atomic E-state index is 12.3. The zero-order valence-electron chi connectivity index (χ0n) is 12.8. The summed E-state index contributed by atoms with van der Waals surface area (Å²) in [5.74, 6) is 0.431. The highest BCUT2D eigenvalue weighted by atomic mass is 35.5. The molecule has 124 valence electrons. The second-order valence-corrected chi connectivity index (χ2v) is 5.63. The van der Waals surface area contributed by atoms with Crippen LogP contribution in [-0.2, 0) is 9.59 Å². The van der Waals surface area contributed by atoms with Crippen LogP contribution in [0, 0.1) is 0 Å². The molecule has 1 heterocycles. The van der Waals surface area contributed by atoms with E-state index in [1.807, 2.05) is 0 Å². The Labute approximate surface area is 143 Å². The van der Waals surface area contributed by atoms with Gasteiger partial charge in [-0.2, -0.15) is 0 Å². The average Bonchev–Trinajstić information content (AvgIpc) is 2.56. The van der Waals surface area contributed by atoms with Crippen molar-refractivity contribution in [1.82, 2.24) is 0 Å². The number of halogens is 1. The van der Waals surface area contributed by atoms with Crippen molar-refractivity contribution in [3.05, 3.63) is 47.5 Å². The fourth-order valence-corrected chi connectivity index (χ4v) is 2.37. The van der Waals surface area contributed by atoms with Crippen LogP contribution in [0.3, 0.4) is 0 Å². The van der Waals surface area contributed by atoms with E-state index in [0.29, 0.717) is 27.9 Å². The number of ether oxygens (including phenoxy) is 2. The van der Waals surface area contributed by atoms with Crippen LogP contribution in [0.15, 0.2) is 42.5 Å². The first-order valence-electron chi connectivity index (χ1n) is 7.31. The van der Waals surface area contributed by atoms with Gasteiger partial charge in [-0.25, -0.2) is 0 Å². The molecule has 6 nitrogen and oxygen atoms in total. The summed E-state index contributed by atoms with van der Waals surface area (Å²) < 4.78 is 10.8. The van der Waals surface area contributed by atoms with E-state index in [1.165, 1.54) is 0 Å². The normalized spacial score (nSPS) is 14.0. The maximum atomic E-state index is 12.3. The van der Waals surface area contributed by atoms with Gasteiger partial charge in [-0.1, -0.05) is 23.7 Å². The Morgan fingerprint density at radius 3 is 2.92 bits per heavy atom. The first-order valence-corrected chi connectivity index (χ1v) is 7.69. The summed E-state index contributed by atoms with van der Waals surface area (Å²) in [7, 11) is 0. The Balaban J connectivity index is 1.67. The SMILES string of the molecule is C[C@H](Oc1ccccc1Cl)C(=O)Nc1ccc2c(c1)NC(=O)CO2. The van der Waals surface area contributed by atoms with Gasteiger partial charge in [-0.3, -0.25) is 9.59 Å². The zero-order valence-corrected chi connectivity index (χ0v) is 13.6. The fraction of sp³-hybridized carbons (Fsp3) is 0.176. The predicted molar refractivity (Wildman–Crippen MR) is 90.7 cm³/mol. The molecule has 0 fully saturated rings. The maximum Gasteiger partial charge on any atom is 0.265 e. The first kappa shape index (κ1) is 16.1. The molecule has 0 saturated carbocycles. The average molecular weight is 347 g/mol. The van der Waals surface area contributed by atoms with Gasteiger partial charge >= 0.3 is 0 Å². The third-order valence-electron chi connectivity index (χ3n) is 3.39. The van der Waals surface area contributed by atoms with Gasteiger partial charge in [-0.05, 0) is 37.3 Å². The van der Waals surface area contributed by atoms with Gasteiger partial charge in [0, 0.05) is 5.69 Å². The van der Waals surface area contributed by atoms with Crippen LogP contribution in [0.4, 0.5) is 11.4 Å². The molecule has 7 heteroatoms. The van der Waals surface area contributed by atoms with E-state index >= 15 is 0 Å². The molecule has 0 spiro atoms. The highest BCUT2D eigenvalue weighted by Gasteiger charge is 2.19. The van der Waals surface area contributed by atoms with E-state index < -0.39 is 6.10 Å². The topological polar surface area (TPSA) is 76.7 Å². The van der Waals surface area contributed by atoms with E-state index in [1.54, 1.807) is 49.4 Å². The Bertz CT molecular complexity index is 794. The molecule has 1 atom stereocenters. The summed E-state index contributed by atoms with van der Waals surface area (Å²) >= 11 is 6.02. The molecular weight excluding hydrogens is 332 g/mol. The quantitative estimate of drug-likeness (QED) is 0.892. The smallest absolute Gasteiger partial charge is 0.265 e. The molecule has 24 heavy (non-hydrogen) atoms. The Morgan fingerprint density at radius 1 is 1.33 bits per heavy atom. The van der Waals surface area contributed by atoms with Crippen molar-refractivity contribution >= 4 is 34.8 Å². The number of carbonyl (C=O) groups is 2. The fourth-order valence-electron chi connectivity index (χ4n) is 2.19. The lowest BCUT2D eigenvalue weighted by Crippen LogP contribution is -2.30. The number of anilines is 2. The monoisotopic (exact) mass is 346 g/mol. The molecule has 0 aliphatic carbocycles. The highest BCUT2D eigenvalue weighted by molar-refractivity contribution is 6.32. The van der Waals surface area contributed by atoms with Crippen LogP contribution in [0.2, 0.25) is 5.02 Å². The first-order chi connectivity index (χ1) is 11.5. The van der Waals surface area contributed by atoms with Crippen LogP contribution in [0.5, 0.6) is 11.5 Å². The second-order valence-electron chi connectivity index (χ2n) is 5.23. The molecule has 0 saturated heterocycles. The summed E-state index contributed by atoms with van der Waals surface area (Å²) in [4.78, 5) is 23.6. The molecular formula is C17H15ClN2O4. The van der Waals surface area contributed by atoms with Crippen molar-refractivity contribution in [3.63, 3.8) is 0 Å². The number of nitrogens with one attached hydrogen (secondary N) is 2. The van der Waals surface area contributed by atoms with E-state index in [9.17, 15) is 9.59 Å². The van der Waals surface area contributed by atoms with Gasteiger partial charge in [-0.15, -0.1) is 0 Å². The third kappa shape index (κ3) is 3.60. The van der Waals surface area contributed by atoms with Crippen LogP contribution in [0.1, 0.15) is 6.92 Å². The number of benzene rings is 2.